The van der Waals surface area contributed by atoms with Crippen molar-refractivity contribution in [2.45, 2.75) is 23.5 Å². The lowest BCUT2D eigenvalue weighted by molar-refractivity contribution is -0.125. The van der Waals surface area contributed by atoms with Crippen molar-refractivity contribution in [2.24, 2.45) is 11.8 Å². The van der Waals surface area contributed by atoms with Crippen LogP contribution in [0.1, 0.15) is 18.4 Å². The van der Waals surface area contributed by atoms with E-state index in [1.807, 2.05) is 54.6 Å². The highest BCUT2D eigenvalue weighted by Crippen LogP contribution is 2.33. The van der Waals surface area contributed by atoms with E-state index in [4.69, 9.17) is 0 Å². The van der Waals surface area contributed by atoms with Crippen molar-refractivity contribution in [1.82, 2.24) is 4.90 Å². The number of nitrogens with one attached hydrogen (secondary N) is 1. The molecule has 3 heterocycles. The van der Waals surface area contributed by atoms with Gasteiger partial charge in [0.05, 0.1) is 16.6 Å². The zero-order chi connectivity index (χ0) is 22.8. The first kappa shape index (κ1) is 21.9. The number of nitrogens with zero attached hydrogens (tertiary/aromatic N) is 1. The lowest BCUT2D eigenvalue weighted by atomic mass is 9.78. The molecule has 3 aliphatic rings. The standard InChI is InChI=1S/C27H28N2O3S/c30-27(26-18-29-16-14-23(26)15-17-29)28-24-12-10-22(11-13-24)21-8-6-20(7-9-21)19-33(31,32)25-4-2-1-3-5-25/h1-13,23,26H,14-19H2,(H,28,30)/t26-/m0/s1. The average Bonchev–Trinajstić information content (AvgIpc) is 2.86. The quantitative estimate of drug-likeness (QED) is 0.584. The van der Waals surface area contributed by atoms with Crippen molar-refractivity contribution in [3.8, 4) is 11.1 Å². The highest BCUT2D eigenvalue weighted by molar-refractivity contribution is 7.90. The fourth-order valence-corrected chi connectivity index (χ4v) is 6.34. The van der Waals surface area contributed by atoms with E-state index in [9.17, 15) is 13.2 Å². The monoisotopic (exact) mass is 460 g/mol. The van der Waals surface area contributed by atoms with Crippen LogP contribution in [0, 0.1) is 11.8 Å². The summed E-state index contributed by atoms with van der Waals surface area (Å²) in [6.45, 7) is 3.13. The molecule has 6 heteroatoms. The van der Waals surface area contributed by atoms with Crippen LogP contribution in [0.3, 0.4) is 0 Å². The van der Waals surface area contributed by atoms with Crippen LogP contribution < -0.4 is 5.32 Å². The predicted octanol–water partition coefficient (Wildman–Crippen LogP) is 4.61. The van der Waals surface area contributed by atoms with Gasteiger partial charge in [-0.1, -0.05) is 54.6 Å². The molecular weight excluding hydrogens is 432 g/mol. The van der Waals surface area contributed by atoms with E-state index >= 15 is 0 Å². The maximum atomic E-state index is 12.8. The third kappa shape index (κ3) is 4.87. The van der Waals surface area contributed by atoms with Gasteiger partial charge < -0.3 is 10.2 Å². The maximum Gasteiger partial charge on any atom is 0.229 e. The normalized spacial score (nSPS) is 22.1. The van der Waals surface area contributed by atoms with Crippen molar-refractivity contribution in [3.05, 3.63) is 84.4 Å². The smallest absolute Gasteiger partial charge is 0.229 e. The van der Waals surface area contributed by atoms with Crippen LogP contribution in [-0.4, -0.2) is 38.9 Å². The number of rotatable bonds is 6. The number of carbonyl (C=O) groups excluding carboxylic acids is 1. The zero-order valence-electron chi connectivity index (χ0n) is 18.5. The lowest BCUT2D eigenvalue weighted by Gasteiger charge is -2.43. The van der Waals surface area contributed by atoms with Gasteiger partial charge in [0, 0.05) is 12.2 Å². The molecule has 5 nitrogen and oxygen atoms in total. The second kappa shape index (κ2) is 9.12. The SMILES string of the molecule is O=C(Nc1ccc(-c2ccc(CS(=O)(=O)c3ccccc3)cc2)cc1)[C@H]1CN2CCC1CC2. The Morgan fingerprint density at radius 3 is 2.03 bits per heavy atom. The van der Waals surface area contributed by atoms with Crippen LogP contribution in [0.4, 0.5) is 5.69 Å². The van der Waals surface area contributed by atoms with Crippen molar-refractivity contribution >= 4 is 21.4 Å². The van der Waals surface area contributed by atoms with Crippen molar-refractivity contribution < 1.29 is 13.2 Å². The molecule has 33 heavy (non-hydrogen) atoms. The Balaban J connectivity index is 1.23. The molecule has 0 aliphatic carbocycles. The Labute approximate surface area is 195 Å². The van der Waals surface area contributed by atoms with Crippen LogP contribution in [-0.2, 0) is 20.4 Å². The molecule has 3 aliphatic heterocycles. The summed E-state index contributed by atoms with van der Waals surface area (Å²) in [6, 6.07) is 24.0. The molecule has 3 aromatic rings. The summed E-state index contributed by atoms with van der Waals surface area (Å²) in [5.74, 6) is 0.702. The number of piperidine rings is 3. The number of hydrogen-bond donors (Lipinski definition) is 1. The number of anilines is 1. The van der Waals surface area contributed by atoms with Gasteiger partial charge in [0.15, 0.2) is 9.84 Å². The molecule has 1 amide bonds. The van der Waals surface area contributed by atoms with Crippen LogP contribution in [0.5, 0.6) is 0 Å². The van der Waals surface area contributed by atoms with Crippen LogP contribution in [0.25, 0.3) is 11.1 Å². The van der Waals surface area contributed by atoms with Crippen molar-refractivity contribution in [2.75, 3.05) is 25.0 Å². The third-order valence-electron chi connectivity index (χ3n) is 6.89. The molecule has 0 aromatic heterocycles. The molecule has 3 fully saturated rings. The minimum Gasteiger partial charge on any atom is -0.326 e. The Morgan fingerprint density at radius 2 is 1.45 bits per heavy atom. The van der Waals surface area contributed by atoms with E-state index in [0.717, 1.165) is 54.9 Å². The van der Waals surface area contributed by atoms with Gasteiger partial charge >= 0.3 is 0 Å². The third-order valence-corrected chi connectivity index (χ3v) is 8.60. The molecule has 0 spiro atoms. The van der Waals surface area contributed by atoms with Gasteiger partial charge in [0.25, 0.3) is 0 Å². The molecule has 2 bridgehead atoms. The number of amides is 1. The molecule has 1 N–H and O–H groups in total. The summed E-state index contributed by atoms with van der Waals surface area (Å²) in [5.41, 5.74) is 3.59. The largest absolute Gasteiger partial charge is 0.326 e. The first-order chi connectivity index (χ1) is 16.0. The summed E-state index contributed by atoms with van der Waals surface area (Å²) >= 11 is 0. The Morgan fingerprint density at radius 1 is 0.848 bits per heavy atom. The topological polar surface area (TPSA) is 66.5 Å². The molecule has 1 atom stereocenters. The molecule has 0 saturated carbocycles. The molecule has 0 unspecified atom stereocenters. The van der Waals surface area contributed by atoms with E-state index < -0.39 is 9.84 Å². The first-order valence-electron chi connectivity index (χ1n) is 11.5. The minimum atomic E-state index is -3.36. The average molecular weight is 461 g/mol. The fourth-order valence-electron chi connectivity index (χ4n) is 4.97. The van der Waals surface area contributed by atoms with Gasteiger partial charge in [0.1, 0.15) is 0 Å². The first-order valence-corrected chi connectivity index (χ1v) is 13.1. The number of fused-ring (bicyclic) bond motifs is 3. The van der Waals surface area contributed by atoms with Gasteiger partial charge in [-0.05, 0) is 72.8 Å². The summed E-state index contributed by atoms with van der Waals surface area (Å²) in [7, 11) is -3.36. The van der Waals surface area contributed by atoms with E-state index in [1.54, 1.807) is 24.3 Å². The Bertz CT molecular complexity index is 1210. The summed E-state index contributed by atoms with van der Waals surface area (Å²) in [4.78, 5) is 15.5. The van der Waals surface area contributed by atoms with Crippen LogP contribution in [0.2, 0.25) is 0 Å². The number of sulfone groups is 1. The van der Waals surface area contributed by atoms with Gasteiger partial charge in [-0.25, -0.2) is 8.42 Å². The van der Waals surface area contributed by atoms with Gasteiger partial charge in [-0.3, -0.25) is 4.79 Å². The summed E-state index contributed by atoms with van der Waals surface area (Å²) < 4.78 is 25.2. The molecular formula is C27H28N2O3S. The fraction of sp³-hybridized carbons (Fsp3) is 0.296. The number of hydrogen-bond acceptors (Lipinski definition) is 4. The minimum absolute atomic E-state index is 0.0259. The van der Waals surface area contributed by atoms with Crippen molar-refractivity contribution in [3.63, 3.8) is 0 Å². The maximum absolute atomic E-state index is 12.8. The zero-order valence-corrected chi connectivity index (χ0v) is 19.3. The van der Waals surface area contributed by atoms with E-state index in [0.29, 0.717) is 10.8 Å². The second-order valence-electron chi connectivity index (χ2n) is 9.08. The highest BCUT2D eigenvalue weighted by Gasteiger charge is 2.38. The number of carbonyl (C=O) groups is 1. The van der Waals surface area contributed by atoms with Gasteiger partial charge in [-0.2, -0.15) is 0 Å². The van der Waals surface area contributed by atoms with E-state index in [2.05, 4.69) is 10.2 Å². The Kier molecular flexibility index (Phi) is 6.04. The van der Waals surface area contributed by atoms with Gasteiger partial charge in [-0.15, -0.1) is 0 Å². The van der Waals surface area contributed by atoms with Gasteiger partial charge in [0.2, 0.25) is 5.91 Å². The van der Waals surface area contributed by atoms with Crippen LogP contribution >= 0.6 is 0 Å². The van der Waals surface area contributed by atoms with Crippen LogP contribution in [0.15, 0.2) is 83.8 Å². The highest BCUT2D eigenvalue weighted by atomic mass is 32.2. The van der Waals surface area contributed by atoms with Crippen molar-refractivity contribution in [1.29, 1.82) is 0 Å². The number of benzene rings is 3. The molecule has 0 radical (unpaired) electrons. The molecule has 3 saturated heterocycles. The lowest BCUT2D eigenvalue weighted by Crippen LogP contribution is -2.51. The molecule has 6 rings (SSSR count). The summed E-state index contributed by atoms with van der Waals surface area (Å²) in [6.07, 6.45) is 2.25. The predicted molar refractivity (Wildman–Crippen MR) is 130 cm³/mol. The second-order valence-corrected chi connectivity index (χ2v) is 11.1. The Hall–Kier alpha value is -2.96. The molecule has 3 aromatic carbocycles. The van der Waals surface area contributed by atoms with E-state index in [-0.39, 0.29) is 17.6 Å². The summed E-state index contributed by atoms with van der Waals surface area (Å²) in [5, 5.41) is 3.09. The van der Waals surface area contributed by atoms with E-state index in [1.165, 1.54) is 0 Å². The molecule has 170 valence electrons.